The molecule has 0 radical (unpaired) electrons. The van der Waals surface area contributed by atoms with Gasteiger partial charge in [-0.05, 0) is 12.1 Å². The van der Waals surface area contributed by atoms with E-state index in [1.54, 1.807) is 10.9 Å². The van der Waals surface area contributed by atoms with Crippen LogP contribution in [0.3, 0.4) is 0 Å². The summed E-state index contributed by atoms with van der Waals surface area (Å²) in [4.78, 5) is 0. The topological polar surface area (TPSA) is 21.7 Å². The van der Waals surface area contributed by atoms with Crippen LogP contribution in [-0.2, 0) is 7.05 Å². The van der Waals surface area contributed by atoms with E-state index in [1.807, 2.05) is 36.0 Å². The molecule has 0 atom stereocenters. The predicted octanol–water partition coefficient (Wildman–Crippen LogP) is -2.03. The number of fused-ring (bicyclic) bond motifs is 1. The molecule has 0 aliphatic heterocycles. The number of rotatable bonds is 1. The van der Waals surface area contributed by atoms with Gasteiger partial charge in [0.15, 0.2) is 5.52 Å². The van der Waals surface area contributed by atoms with Crippen molar-refractivity contribution in [3.63, 3.8) is 0 Å². The number of aromatic nitrogens is 3. The number of hydrogen-bond donors (Lipinski definition) is 0. The molecule has 0 bridgehead atoms. The van der Waals surface area contributed by atoms with Gasteiger partial charge in [0.05, 0.1) is 5.21 Å². The highest BCUT2D eigenvalue weighted by molar-refractivity contribution is 5.72. The Morgan fingerprint density at radius 3 is 2.85 bits per heavy atom. The lowest BCUT2D eigenvalue weighted by molar-refractivity contribution is -0.708. The van der Waals surface area contributed by atoms with Crippen molar-refractivity contribution in [3.05, 3.63) is 30.8 Å². The number of para-hydroxylation sites is 2. The van der Waals surface area contributed by atoms with Gasteiger partial charge in [-0.25, -0.2) is 0 Å². The lowest BCUT2D eigenvalue weighted by Crippen LogP contribution is -3.00. The molecule has 13 heavy (non-hydrogen) atoms. The molecule has 68 valence electrons. The summed E-state index contributed by atoms with van der Waals surface area (Å²) in [5, 5.41) is 4.22. The second-order valence-electron chi connectivity index (χ2n) is 2.63. The summed E-state index contributed by atoms with van der Waals surface area (Å²) in [5.74, 6) is 0. The first-order chi connectivity index (χ1) is 5.83. The molecule has 0 aliphatic rings. The first-order valence-corrected chi connectivity index (χ1v) is 3.79. The molecule has 3 nitrogen and oxygen atoms in total. The molecule has 1 heterocycles. The highest BCUT2D eigenvalue weighted by Crippen LogP contribution is 2.07. The molecule has 0 saturated carbocycles. The SMILES string of the molecule is C=Cn1n[n+](C)c2ccccc21.[I-]. The van der Waals surface area contributed by atoms with Gasteiger partial charge in [0, 0.05) is 0 Å². The fourth-order valence-corrected chi connectivity index (χ4v) is 1.31. The number of hydrogen-bond acceptors (Lipinski definition) is 1. The van der Waals surface area contributed by atoms with E-state index in [0.717, 1.165) is 11.0 Å². The van der Waals surface area contributed by atoms with Gasteiger partial charge in [-0.1, -0.05) is 18.7 Å². The molecule has 1 aromatic heterocycles. The van der Waals surface area contributed by atoms with Crippen molar-refractivity contribution in [2.45, 2.75) is 0 Å². The number of halogens is 1. The Labute approximate surface area is 93.7 Å². The third-order valence-corrected chi connectivity index (χ3v) is 1.88. The molecule has 0 amide bonds. The van der Waals surface area contributed by atoms with Crippen LogP contribution < -0.4 is 28.7 Å². The molecule has 0 saturated heterocycles. The molecule has 0 N–H and O–H groups in total. The summed E-state index contributed by atoms with van der Waals surface area (Å²) in [5.41, 5.74) is 2.19. The van der Waals surface area contributed by atoms with Crippen LogP contribution in [0.2, 0.25) is 0 Å². The fourth-order valence-electron chi connectivity index (χ4n) is 1.31. The molecule has 1 aromatic carbocycles. The maximum atomic E-state index is 4.22. The van der Waals surface area contributed by atoms with Crippen LogP contribution in [0, 0.1) is 0 Å². The third kappa shape index (κ3) is 1.58. The smallest absolute Gasteiger partial charge is 0.203 e. The summed E-state index contributed by atoms with van der Waals surface area (Å²) < 4.78 is 3.59. The second-order valence-corrected chi connectivity index (χ2v) is 2.63. The molecule has 0 aliphatic carbocycles. The van der Waals surface area contributed by atoms with E-state index in [0.29, 0.717) is 0 Å². The van der Waals surface area contributed by atoms with Crippen molar-refractivity contribution < 1.29 is 28.7 Å². The van der Waals surface area contributed by atoms with Crippen LogP contribution in [0.15, 0.2) is 30.8 Å². The lowest BCUT2D eigenvalue weighted by atomic mass is 10.3. The summed E-state index contributed by atoms with van der Waals surface area (Å²) >= 11 is 0. The van der Waals surface area contributed by atoms with Crippen molar-refractivity contribution in [1.82, 2.24) is 9.90 Å². The van der Waals surface area contributed by atoms with Gasteiger partial charge in [0.1, 0.15) is 13.2 Å². The van der Waals surface area contributed by atoms with E-state index in [1.165, 1.54) is 0 Å². The summed E-state index contributed by atoms with van der Waals surface area (Å²) in [7, 11) is 1.92. The first kappa shape index (κ1) is 10.2. The van der Waals surface area contributed by atoms with Gasteiger partial charge in [-0.3, -0.25) is 0 Å². The van der Waals surface area contributed by atoms with Crippen LogP contribution in [0.1, 0.15) is 0 Å². The third-order valence-electron chi connectivity index (χ3n) is 1.88. The average Bonchev–Trinajstić information content (AvgIpc) is 2.44. The van der Waals surface area contributed by atoms with Crippen molar-refractivity contribution in [3.8, 4) is 0 Å². The average molecular weight is 287 g/mol. The van der Waals surface area contributed by atoms with E-state index in [2.05, 4.69) is 11.8 Å². The molecular weight excluding hydrogens is 277 g/mol. The van der Waals surface area contributed by atoms with Crippen molar-refractivity contribution in [1.29, 1.82) is 0 Å². The van der Waals surface area contributed by atoms with E-state index in [9.17, 15) is 0 Å². The first-order valence-electron chi connectivity index (χ1n) is 3.79. The van der Waals surface area contributed by atoms with Gasteiger partial charge < -0.3 is 24.0 Å². The van der Waals surface area contributed by atoms with Crippen molar-refractivity contribution in [2.24, 2.45) is 7.05 Å². The molecule has 0 spiro atoms. The highest BCUT2D eigenvalue weighted by atomic mass is 127. The maximum Gasteiger partial charge on any atom is 0.203 e. The van der Waals surface area contributed by atoms with E-state index >= 15 is 0 Å². The van der Waals surface area contributed by atoms with Gasteiger partial charge in [0.2, 0.25) is 5.52 Å². The molecule has 2 aromatic rings. The molecule has 0 fully saturated rings. The van der Waals surface area contributed by atoms with Crippen LogP contribution in [0.5, 0.6) is 0 Å². The fraction of sp³-hybridized carbons (Fsp3) is 0.111. The molecule has 0 unspecified atom stereocenters. The van der Waals surface area contributed by atoms with Gasteiger partial charge in [-0.15, -0.1) is 9.36 Å². The normalized spacial score (nSPS) is 9.62. The second kappa shape index (κ2) is 3.87. The molecular formula is C9H10IN3. The van der Waals surface area contributed by atoms with E-state index in [4.69, 9.17) is 0 Å². The Hall–Kier alpha value is -0.910. The Bertz CT molecular complexity index is 433. The summed E-state index contributed by atoms with van der Waals surface area (Å²) in [6, 6.07) is 8.04. The quantitative estimate of drug-likeness (QED) is 0.438. The van der Waals surface area contributed by atoms with E-state index < -0.39 is 0 Å². The predicted molar refractivity (Wildman–Crippen MR) is 47.3 cm³/mol. The van der Waals surface area contributed by atoms with Gasteiger partial charge in [0.25, 0.3) is 0 Å². The Morgan fingerprint density at radius 2 is 2.15 bits per heavy atom. The molecule has 4 heteroatoms. The Kier molecular flexibility index (Phi) is 3.02. The van der Waals surface area contributed by atoms with E-state index in [-0.39, 0.29) is 24.0 Å². The zero-order chi connectivity index (χ0) is 8.55. The zero-order valence-corrected chi connectivity index (χ0v) is 9.47. The van der Waals surface area contributed by atoms with Gasteiger partial charge >= 0.3 is 0 Å². The standard InChI is InChI=1S/C9H10N3.HI/c1-3-12-9-7-5-4-6-8(9)11(2)10-12;/h3-7H,1H2,2H3;1H/q+1;/p-1. The zero-order valence-electron chi connectivity index (χ0n) is 7.31. The number of aryl methyl sites for hydroxylation is 1. The van der Waals surface area contributed by atoms with Crippen LogP contribution in [-0.4, -0.2) is 9.90 Å². The highest BCUT2D eigenvalue weighted by Gasteiger charge is 2.10. The van der Waals surface area contributed by atoms with Crippen LogP contribution >= 0.6 is 0 Å². The van der Waals surface area contributed by atoms with Crippen LogP contribution in [0.4, 0.5) is 0 Å². The number of benzene rings is 1. The minimum atomic E-state index is 0. The van der Waals surface area contributed by atoms with Crippen LogP contribution in [0.25, 0.3) is 17.2 Å². The monoisotopic (exact) mass is 287 g/mol. The maximum absolute atomic E-state index is 4.22. The van der Waals surface area contributed by atoms with Crippen molar-refractivity contribution in [2.75, 3.05) is 0 Å². The minimum Gasteiger partial charge on any atom is -1.00 e. The Balaban J connectivity index is 0.000000845. The van der Waals surface area contributed by atoms with Gasteiger partial charge in [-0.2, -0.15) is 0 Å². The summed E-state index contributed by atoms with van der Waals surface area (Å²) in [6.45, 7) is 3.68. The number of nitrogens with zero attached hydrogens (tertiary/aromatic N) is 3. The van der Waals surface area contributed by atoms with Crippen molar-refractivity contribution >= 4 is 17.2 Å². The Morgan fingerprint density at radius 1 is 1.46 bits per heavy atom. The minimum absolute atomic E-state index is 0. The lowest BCUT2D eigenvalue weighted by Gasteiger charge is -1.81. The molecule has 2 rings (SSSR count). The largest absolute Gasteiger partial charge is 1.00 e. The summed E-state index contributed by atoms with van der Waals surface area (Å²) in [6.07, 6.45) is 1.70.